The standard InChI is InChI=1S/C16H28N2O/c1-5-17-10-16-9-15(14(4)19-16)11-18-8-6-7-12(2)13(18)3/h9,12-13,17H,5-8,10-11H2,1-4H3. The van der Waals surface area contributed by atoms with Crippen LogP contribution >= 0.6 is 0 Å². The Morgan fingerprint density at radius 2 is 2.21 bits per heavy atom. The molecular formula is C16H28N2O. The van der Waals surface area contributed by atoms with Gasteiger partial charge in [-0.2, -0.15) is 0 Å². The number of hydrogen-bond acceptors (Lipinski definition) is 3. The number of aryl methyl sites for hydroxylation is 1. The average Bonchev–Trinajstić information content (AvgIpc) is 2.73. The van der Waals surface area contributed by atoms with Crippen LogP contribution in [-0.4, -0.2) is 24.0 Å². The van der Waals surface area contributed by atoms with Crippen molar-refractivity contribution < 1.29 is 4.42 Å². The molecule has 3 heteroatoms. The fourth-order valence-electron chi connectivity index (χ4n) is 2.94. The van der Waals surface area contributed by atoms with Gasteiger partial charge in [0.05, 0.1) is 6.54 Å². The molecule has 1 saturated heterocycles. The summed E-state index contributed by atoms with van der Waals surface area (Å²) in [6, 6.07) is 2.91. The average molecular weight is 264 g/mol. The van der Waals surface area contributed by atoms with Crippen LogP contribution in [0.2, 0.25) is 0 Å². The summed E-state index contributed by atoms with van der Waals surface area (Å²) in [6.45, 7) is 13.0. The second-order valence-corrected chi connectivity index (χ2v) is 5.91. The fourth-order valence-corrected chi connectivity index (χ4v) is 2.94. The molecule has 1 aliphatic rings. The number of hydrogen-bond donors (Lipinski definition) is 1. The summed E-state index contributed by atoms with van der Waals surface area (Å²) in [7, 11) is 0. The molecule has 1 N–H and O–H groups in total. The minimum atomic E-state index is 0.681. The van der Waals surface area contributed by atoms with E-state index >= 15 is 0 Å². The van der Waals surface area contributed by atoms with Crippen molar-refractivity contribution in [3.8, 4) is 0 Å². The van der Waals surface area contributed by atoms with E-state index in [9.17, 15) is 0 Å². The van der Waals surface area contributed by atoms with Gasteiger partial charge < -0.3 is 9.73 Å². The van der Waals surface area contributed by atoms with E-state index in [1.54, 1.807) is 0 Å². The normalized spacial score (nSPS) is 24.8. The minimum absolute atomic E-state index is 0.681. The van der Waals surface area contributed by atoms with E-state index in [-0.39, 0.29) is 0 Å². The van der Waals surface area contributed by atoms with Gasteiger partial charge in [0, 0.05) is 18.2 Å². The lowest BCUT2D eigenvalue weighted by atomic mass is 9.92. The molecule has 0 radical (unpaired) electrons. The zero-order valence-electron chi connectivity index (χ0n) is 12.8. The summed E-state index contributed by atoms with van der Waals surface area (Å²) < 4.78 is 5.83. The first-order valence-corrected chi connectivity index (χ1v) is 7.64. The third kappa shape index (κ3) is 3.61. The van der Waals surface area contributed by atoms with Crippen LogP contribution in [0.5, 0.6) is 0 Å². The molecule has 0 bridgehead atoms. The Kier molecular flexibility index (Phi) is 5.06. The van der Waals surface area contributed by atoms with Gasteiger partial charge in [-0.25, -0.2) is 0 Å². The van der Waals surface area contributed by atoms with Crippen LogP contribution in [0.4, 0.5) is 0 Å². The molecule has 2 atom stereocenters. The van der Waals surface area contributed by atoms with E-state index in [0.29, 0.717) is 6.04 Å². The number of rotatable bonds is 5. The maximum atomic E-state index is 5.83. The van der Waals surface area contributed by atoms with Crippen LogP contribution in [0.25, 0.3) is 0 Å². The van der Waals surface area contributed by atoms with Crippen molar-refractivity contribution in [2.24, 2.45) is 5.92 Å². The van der Waals surface area contributed by atoms with Gasteiger partial charge in [0.15, 0.2) is 0 Å². The van der Waals surface area contributed by atoms with Gasteiger partial charge in [0.1, 0.15) is 11.5 Å². The Morgan fingerprint density at radius 3 is 2.95 bits per heavy atom. The highest BCUT2D eigenvalue weighted by atomic mass is 16.3. The molecule has 108 valence electrons. The molecule has 19 heavy (non-hydrogen) atoms. The number of nitrogens with one attached hydrogen (secondary N) is 1. The van der Waals surface area contributed by atoms with Crippen LogP contribution in [-0.2, 0) is 13.1 Å². The van der Waals surface area contributed by atoms with E-state index in [0.717, 1.165) is 37.1 Å². The van der Waals surface area contributed by atoms with Crippen molar-refractivity contribution in [1.82, 2.24) is 10.2 Å². The molecule has 1 aliphatic heterocycles. The van der Waals surface area contributed by atoms with Crippen molar-refractivity contribution in [3.05, 3.63) is 23.2 Å². The van der Waals surface area contributed by atoms with Gasteiger partial charge in [0.25, 0.3) is 0 Å². The predicted molar refractivity (Wildman–Crippen MR) is 79.1 cm³/mol. The van der Waals surface area contributed by atoms with Gasteiger partial charge in [-0.3, -0.25) is 4.90 Å². The third-order valence-corrected chi connectivity index (χ3v) is 4.50. The molecular weight excluding hydrogens is 236 g/mol. The van der Waals surface area contributed by atoms with Crippen LogP contribution in [0.3, 0.4) is 0 Å². The molecule has 1 aromatic heterocycles. The highest BCUT2D eigenvalue weighted by Crippen LogP contribution is 2.26. The first-order valence-electron chi connectivity index (χ1n) is 7.64. The molecule has 1 aromatic rings. The van der Waals surface area contributed by atoms with Crippen molar-refractivity contribution >= 4 is 0 Å². The summed E-state index contributed by atoms with van der Waals surface area (Å²) in [4.78, 5) is 2.60. The summed E-state index contributed by atoms with van der Waals surface area (Å²) in [5.74, 6) is 2.95. The largest absolute Gasteiger partial charge is 0.465 e. The van der Waals surface area contributed by atoms with Crippen molar-refractivity contribution in [2.45, 2.75) is 59.7 Å². The second kappa shape index (κ2) is 6.58. The molecule has 2 rings (SSSR count). The second-order valence-electron chi connectivity index (χ2n) is 5.91. The summed E-state index contributed by atoms with van der Waals surface area (Å²) in [6.07, 6.45) is 2.69. The van der Waals surface area contributed by atoms with E-state index < -0.39 is 0 Å². The SMILES string of the molecule is CCNCc1cc(CN2CCCC(C)C2C)c(C)o1. The highest BCUT2D eigenvalue weighted by Gasteiger charge is 2.25. The molecule has 1 fully saturated rings. The van der Waals surface area contributed by atoms with Gasteiger partial charge in [0.2, 0.25) is 0 Å². The summed E-state index contributed by atoms with van der Waals surface area (Å²) in [5.41, 5.74) is 1.36. The quantitative estimate of drug-likeness (QED) is 0.884. The van der Waals surface area contributed by atoms with E-state index in [4.69, 9.17) is 4.42 Å². The van der Waals surface area contributed by atoms with E-state index in [1.165, 1.54) is 24.9 Å². The number of piperidine rings is 1. The summed E-state index contributed by atoms with van der Waals surface area (Å²) >= 11 is 0. The molecule has 0 amide bonds. The van der Waals surface area contributed by atoms with Gasteiger partial charge in [-0.15, -0.1) is 0 Å². The Bertz CT molecular complexity index is 399. The van der Waals surface area contributed by atoms with Crippen molar-refractivity contribution in [2.75, 3.05) is 13.1 Å². The summed E-state index contributed by atoms with van der Waals surface area (Å²) in [5, 5.41) is 3.32. The van der Waals surface area contributed by atoms with Crippen molar-refractivity contribution in [3.63, 3.8) is 0 Å². The first kappa shape index (κ1) is 14.6. The lowest BCUT2D eigenvalue weighted by molar-refractivity contribution is 0.106. The van der Waals surface area contributed by atoms with Crippen LogP contribution < -0.4 is 5.32 Å². The van der Waals surface area contributed by atoms with E-state index in [1.807, 2.05) is 0 Å². The zero-order chi connectivity index (χ0) is 13.8. The molecule has 2 heterocycles. The number of furan rings is 1. The number of likely N-dealkylation sites (tertiary alicyclic amines) is 1. The smallest absolute Gasteiger partial charge is 0.118 e. The van der Waals surface area contributed by atoms with Crippen LogP contribution in [0.1, 0.15) is 50.7 Å². The highest BCUT2D eigenvalue weighted by molar-refractivity contribution is 5.21. The van der Waals surface area contributed by atoms with Crippen molar-refractivity contribution in [1.29, 1.82) is 0 Å². The Balaban J connectivity index is 2.00. The van der Waals surface area contributed by atoms with E-state index in [2.05, 4.69) is 44.0 Å². The van der Waals surface area contributed by atoms with Gasteiger partial charge >= 0.3 is 0 Å². The number of nitrogens with zero attached hydrogens (tertiary/aromatic N) is 1. The molecule has 0 aromatic carbocycles. The molecule has 0 aliphatic carbocycles. The Morgan fingerprint density at radius 1 is 1.42 bits per heavy atom. The topological polar surface area (TPSA) is 28.4 Å². The zero-order valence-corrected chi connectivity index (χ0v) is 12.8. The lowest BCUT2D eigenvalue weighted by Gasteiger charge is -2.37. The lowest BCUT2D eigenvalue weighted by Crippen LogP contribution is -2.41. The van der Waals surface area contributed by atoms with Gasteiger partial charge in [-0.05, 0) is 51.8 Å². The monoisotopic (exact) mass is 264 g/mol. The first-order chi connectivity index (χ1) is 9.11. The molecule has 0 spiro atoms. The molecule has 2 unspecified atom stereocenters. The fraction of sp³-hybridized carbons (Fsp3) is 0.750. The van der Waals surface area contributed by atoms with Crippen LogP contribution in [0.15, 0.2) is 10.5 Å². The maximum Gasteiger partial charge on any atom is 0.118 e. The third-order valence-electron chi connectivity index (χ3n) is 4.50. The molecule has 3 nitrogen and oxygen atoms in total. The van der Waals surface area contributed by atoms with Gasteiger partial charge in [-0.1, -0.05) is 13.8 Å². The Labute approximate surface area is 117 Å². The molecule has 0 saturated carbocycles. The minimum Gasteiger partial charge on any atom is -0.465 e. The maximum absolute atomic E-state index is 5.83. The Hall–Kier alpha value is -0.800. The predicted octanol–water partition coefficient (Wildman–Crippen LogP) is 3.32. The van der Waals surface area contributed by atoms with Crippen LogP contribution in [0, 0.1) is 12.8 Å².